The summed E-state index contributed by atoms with van der Waals surface area (Å²) in [5.74, 6) is -0.229. The third-order valence-corrected chi connectivity index (χ3v) is 2.70. The Labute approximate surface area is 71.3 Å². The molecule has 1 aliphatic carbocycles. The second-order valence-electron chi connectivity index (χ2n) is 3.27. The Hall–Kier alpha value is -0.830. The third kappa shape index (κ3) is 0.894. The van der Waals surface area contributed by atoms with Gasteiger partial charge in [-0.05, 0) is 25.3 Å². The van der Waals surface area contributed by atoms with Crippen molar-refractivity contribution >= 4 is 5.97 Å². The van der Waals surface area contributed by atoms with E-state index < -0.39 is 0 Å². The van der Waals surface area contributed by atoms with Gasteiger partial charge in [0, 0.05) is 0 Å². The Morgan fingerprint density at radius 1 is 1.67 bits per heavy atom. The number of carbonyl (C=O) groups excluding carboxylic acids is 1. The van der Waals surface area contributed by atoms with E-state index in [1.807, 2.05) is 6.08 Å². The maximum Gasteiger partial charge on any atom is 0.336 e. The molecular weight excluding hydrogens is 156 g/mol. The molecule has 0 aromatic heterocycles. The lowest BCUT2D eigenvalue weighted by Crippen LogP contribution is -2.41. The molecule has 0 atom stereocenters. The van der Waals surface area contributed by atoms with Gasteiger partial charge >= 0.3 is 5.97 Å². The summed E-state index contributed by atoms with van der Waals surface area (Å²) in [7, 11) is 1.41. The fourth-order valence-electron chi connectivity index (χ4n) is 1.84. The highest BCUT2D eigenvalue weighted by Crippen LogP contribution is 2.44. The van der Waals surface area contributed by atoms with Gasteiger partial charge in [-0.15, -0.1) is 0 Å². The van der Waals surface area contributed by atoms with E-state index >= 15 is 0 Å². The van der Waals surface area contributed by atoms with Crippen LogP contribution in [0.25, 0.3) is 0 Å². The van der Waals surface area contributed by atoms with Crippen molar-refractivity contribution in [2.75, 3.05) is 13.7 Å². The monoisotopic (exact) mass is 168 g/mol. The van der Waals surface area contributed by atoms with Gasteiger partial charge in [0.05, 0.1) is 19.3 Å². The molecule has 0 radical (unpaired) electrons. The van der Waals surface area contributed by atoms with Gasteiger partial charge in [0.25, 0.3) is 0 Å². The highest BCUT2D eigenvalue weighted by atomic mass is 16.5. The first-order valence-corrected chi connectivity index (χ1v) is 4.21. The number of hydrogen-bond donors (Lipinski definition) is 0. The van der Waals surface area contributed by atoms with E-state index in [1.54, 1.807) is 0 Å². The van der Waals surface area contributed by atoms with Crippen LogP contribution in [0.3, 0.4) is 0 Å². The molecule has 1 spiro atoms. The van der Waals surface area contributed by atoms with E-state index in [0.717, 1.165) is 24.8 Å². The largest absolute Gasteiger partial charge is 0.466 e. The molecular formula is C9H12O3. The van der Waals surface area contributed by atoms with Crippen LogP contribution in [-0.4, -0.2) is 25.3 Å². The minimum absolute atomic E-state index is 0.229. The molecule has 0 N–H and O–H groups in total. The maximum atomic E-state index is 11.3. The van der Waals surface area contributed by atoms with E-state index in [1.165, 1.54) is 7.11 Å². The molecule has 1 fully saturated rings. The van der Waals surface area contributed by atoms with E-state index in [2.05, 4.69) is 4.74 Å². The number of rotatable bonds is 1. The van der Waals surface area contributed by atoms with Gasteiger partial charge in [0.2, 0.25) is 0 Å². The minimum atomic E-state index is -0.257. The first kappa shape index (κ1) is 7.80. The van der Waals surface area contributed by atoms with Gasteiger partial charge in [-0.3, -0.25) is 0 Å². The number of carbonyl (C=O) groups is 1. The Morgan fingerprint density at radius 2 is 2.42 bits per heavy atom. The van der Waals surface area contributed by atoms with Crippen LogP contribution < -0.4 is 0 Å². The van der Waals surface area contributed by atoms with Crippen LogP contribution in [0.15, 0.2) is 11.6 Å². The highest BCUT2D eigenvalue weighted by Gasteiger charge is 2.47. The zero-order valence-corrected chi connectivity index (χ0v) is 7.13. The summed E-state index contributed by atoms with van der Waals surface area (Å²) in [5.41, 5.74) is 0.476. The number of methoxy groups -OCH3 is 1. The number of hydrogen-bond acceptors (Lipinski definition) is 3. The zero-order valence-electron chi connectivity index (χ0n) is 7.13. The minimum Gasteiger partial charge on any atom is -0.466 e. The van der Waals surface area contributed by atoms with Gasteiger partial charge in [0.1, 0.15) is 5.60 Å². The smallest absolute Gasteiger partial charge is 0.336 e. The van der Waals surface area contributed by atoms with Crippen LogP contribution in [0.4, 0.5) is 0 Å². The Morgan fingerprint density at radius 3 is 2.92 bits per heavy atom. The average Bonchev–Trinajstić information content (AvgIpc) is 2.45. The summed E-state index contributed by atoms with van der Waals surface area (Å²) in [6.45, 7) is 0.560. The molecule has 0 bridgehead atoms. The normalized spacial score (nSPS) is 24.9. The van der Waals surface area contributed by atoms with Gasteiger partial charge in [-0.2, -0.15) is 0 Å². The van der Waals surface area contributed by atoms with Crippen molar-refractivity contribution in [1.82, 2.24) is 0 Å². The van der Waals surface area contributed by atoms with Crippen LogP contribution in [0.5, 0.6) is 0 Å². The van der Waals surface area contributed by atoms with Gasteiger partial charge in [0.15, 0.2) is 0 Å². The van der Waals surface area contributed by atoms with Gasteiger partial charge in [-0.25, -0.2) is 4.79 Å². The lowest BCUT2D eigenvalue weighted by molar-refractivity contribution is -0.140. The van der Waals surface area contributed by atoms with Crippen LogP contribution in [0, 0.1) is 0 Å². The predicted octanol–water partition coefficient (Wildman–Crippen LogP) is 1.04. The molecule has 0 unspecified atom stereocenters. The van der Waals surface area contributed by atoms with Crippen molar-refractivity contribution in [3.05, 3.63) is 11.6 Å². The molecule has 3 nitrogen and oxygen atoms in total. The van der Waals surface area contributed by atoms with E-state index in [9.17, 15) is 4.79 Å². The Balaban J connectivity index is 2.18. The summed E-state index contributed by atoms with van der Waals surface area (Å²) < 4.78 is 10.2. The number of esters is 1. The lowest BCUT2D eigenvalue weighted by Gasteiger charge is -2.38. The van der Waals surface area contributed by atoms with Crippen LogP contribution in [0.1, 0.15) is 19.3 Å². The van der Waals surface area contributed by atoms with E-state index in [0.29, 0.717) is 6.61 Å². The molecule has 0 saturated heterocycles. The molecule has 12 heavy (non-hydrogen) atoms. The van der Waals surface area contributed by atoms with Crippen molar-refractivity contribution in [3.63, 3.8) is 0 Å². The molecule has 3 heteroatoms. The van der Waals surface area contributed by atoms with Crippen molar-refractivity contribution in [2.24, 2.45) is 0 Å². The topological polar surface area (TPSA) is 35.5 Å². The molecule has 2 aliphatic rings. The molecule has 66 valence electrons. The molecule has 0 amide bonds. The second-order valence-corrected chi connectivity index (χ2v) is 3.27. The SMILES string of the molecule is COC(=O)C1=CCOC12CCC2. The average molecular weight is 168 g/mol. The summed E-state index contributed by atoms with van der Waals surface area (Å²) in [6.07, 6.45) is 4.92. The van der Waals surface area contributed by atoms with E-state index in [4.69, 9.17) is 4.74 Å². The van der Waals surface area contributed by atoms with Crippen molar-refractivity contribution in [3.8, 4) is 0 Å². The summed E-state index contributed by atoms with van der Waals surface area (Å²) in [6, 6.07) is 0. The van der Waals surface area contributed by atoms with Crippen LogP contribution >= 0.6 is 0 Å². The van der Waals surface area contributed by atoms with Gasteiger partial charge < -0.3 is 9.47 Å². The predicted molar refractivity (Wildman–Crippen MR) is 42.6 cm³/mol. The summed E-state index contributed by atoms with van der Waals surface area (Å²) in [5, 5.41) is 0. The lowest BCUT2D eigenvalue weighted by atomic mass is 9.75. The first-order chi connectivity index (χ1) is 5.78. The maximum absolute atomic E-state index is 11.3. The summed E-state index contributed by atoms with van der Waals surface area (Å²) >= 11 is 0. The highest BCUT2D eigenvalue weighted by molar-refractivity contribution is 5.91. The fraction of sp³-hybridized carbons (Fsp3) is 0.667. The third-order valence-electron chi connectivity index (χ3n) is 2.70. The van der Waals surface area contributed by atoms with Crippen molar-refractivity contribution < 1.29 is 14.3 Å². The fourth-order valence-corrected chi connectivity index (χ4v) is 1.84. The Kier molecular flexibility index (Phi) is 1.68. The molecule has 1 saturated carbocycles. The quantitative estimate of drug-likeness (QED) is 0.549. The van der Waals surface area contributed by atoms with Gasteiger partial charge in [-0.1, -0.05) is 0 Å². The second kappa shape index (κ2) is 2.59. The van der Waals surface area contributed by atoms with Crippen LogP contribution in [-0.2, 0) is 14.3 Å². The van der Waals surface area contributed by atoms with E-state index in [-0.39, 0.29) is 11.6 Å². The number of ether oxygens (including phenoxy) is 2. The zero-order chi connectivity index (χ0) is 8.60. The first-order valence-electron chi connectivity index (χ1n) is 4.21. The molecule has 1 heterocycles. The van der Waals surface area contributed by atoms with Crippen molar-refractivity contribution in [1.29, 1.82) is 0 Å². The van der Waals surface area contributed by atoms with Crippen LogP contribution in [0.2, 0.25) is 0 Å². The molecule has 0 aromatic carbocycles. The standard InChI is InChI=1S/C9H12O3/c1-11-8(10)7-3-6-12-9(7)4-2-5-9/h3H,2,4-6H2,1H3. The van der Waals surface area contributed by atoms with Crippen molar-refractivity contribution in [2.45, 2.75) is 24.9 Å². The molecule has 2 rings (SSSR count). The summed E-state index contributed by atoms with van der Waals surface area (Å²) in [4.78, 5) is 11.3. The molecule has 1 aliphatic heterocycles. The Bertz CT molecular complexity index is 238. The molecule has 0 aromatic rings.